The van der Waals surface area contributed by atoms with Crippen molar-refractivity contribution in [1.82, 2.24) is 9.80 Å². The number of anilines is 1. The molecule has 2 aromatic carbocycles. The van der Waals surface area contributed by atoms with Crippen LogP contribution in [0.3, 0.4) is 0 Å². The van der Waals surface area contributed by atoms with E-state index in [4.69, 9.17) is 0 Å². The summed E-state index contributed by atoms with van der Waals surface area (Å²) < 4.78 is 0. The quantitative estimate of drug-likeness (QED) is 0.361. The summed E-state index contributed by atoms with van der Waals surface area (Å²) in [6.45, 7) is 9.75. The fraction of sp³-hybridized carbons (Fsp3) is 0.357. The smallest absolute Gasteiger partial charge is 0.322 e. The Hall–Kier alpha value is -3.12. The molecule has 3 rings (SSSR count). The van der Waals surface area contributed by atoms with E-state index in [1.54, 1.807) is 16.2 Å². The van der Waals surface area contributed by atoms with Crippen molar-refractivity contribution in [2.75, 3.05) is 18.4 Å². The Balaban J connectivity index is 1.78. The molecular formula is C28H35N3O2S. The zero-order valence-electron chi connectivity index (χ0n) is 20.6. The zero-order chi connectivity index (χ0) is 24.5. The van der Waals surface area contributed by atoms with Crippen molar-refractivity contribution in [3.05, 3.63) is 87.1 Å². The molecule has 0 unspecified atom stereocenters. The van der Waals surface area contributed by atoms with Gasteiger partial charge in [0.15, 0.2) is 0 Å². The topological polar surface area (TPSA) is 52.7 Å². The van der Waals surface area contributed by atoms with E-state index in [9.17, 15) is 9.59 Å². The molecular weight excluding hydrogens is 442 g/mol. The molecule has 1 N–H and O–H groups in total. The molecule has 0 aliphatic carbocycles. The fourth-order valence-corrected chi connectivity index (χ4v) is 4.76. The average molecular weight is 478 g/mol. The van der Waals surface area contributed by atoms with Crippen LogP contribution in [0.1, 0.15) is 46.2 Å². The molecule has 0 atom stereocenters. The van der Waals surface area contributed by atoms with Gasteiger partial charge in [-0.25, -0.2) is 4.79 Å². The second-order valence-electron chi connectivity index (χ2n) is 8.72. The van der Waals surface area contributed by atoms with Crippen LogP contribution in [0.15, 0.2) is 60.7 Å². The molecule has 1 heterocycles. The van der Waals surface area contributed by atoms with Gasteiger partial charge in [0.25, 0.3) is 0 Å². The van der Waals surface area contributed by atoms with Gasteiger partial charge in [-0.2, -0.15) is 0 Å². The lowest BCUT2D eigenvalue weighted by Gasteiger charge is -2.28. The first kappa shape index (κ1) is 25.5. The lowest BCUT2D eigenvalue weighted by Crippen LogP contribution is -2.44. The van der Waals surface area contributed by atoms with E-state index < -0.39 is 0 Å². The summed E-state index contributed by atoms with van der Waals surface area (Å²) in [5, 5.41) is 3.05. The van der Waals surface area contributed by atoms with Crippen molar-refractivity contribution in [1.29, 1.82) is 0 Å². The third-order valence-corrected chi connectivity index (χ3v) is 6.81. The van der Waals surface area contributed by atoms with Gasteiger partial charge >= 0.3 is 6.03 Å². The number of carbonyl (C=O) groups is 2. The molecule has 0 fully saturated rings. The summed E-state index contributed by atoms with van der Waals surface area (Å²) in [4.78, 5) is 32.6. The van der Waals surface area contributed by atoms with E-state index in [2.05, 4.69) is 31.3 Å². The Morgan fingerprint density at radius 2 is 1.56 bits per heavy atom. The van der Waals surface area contributed by atoms with Gasteiger partial charge in [0.05, 0.1) is 6.54 Å². The number of unbranched alkanes of at least 4 members (excludes halogenated alkanes) is 1. The van der Waals surface area contributed by atoms with Crippen molar-refractivity contribution < 1.29 is 9.59 Å². The molecule has 0 aliphatic heterocycles. The SMILES string of the molecule is CCCCN(CC(=O)N(Cc1ccccc1)Cc1ccc(C)s1)C(=O)Nc1c(C)cccc1C. The molecule has 3 aromatic rings. The minimum absolute atomic E-state index is 0.0496. The van der Waals surface area contributed by atoms with Crippen LogP contribution in [0.2, 0.25) is 0 Å². The largest absolute Gasteiger partial charge is 0.332 e. The molecule has 0 saturated heterocycles. The van der Waals surface area contributed by atoms with Crippen LogP contribution in [0.25, 0.3) is 0 Å². The maximum atomic E-state index is 13.5. The Labute approximate surface area is 207 Å². The van der Waals surface area contributed by atoms with Crippen LogP contribution in [0.4, 0.5) is 10.5 Å². The number of nitrogens with one attached hydrogen (secondary N) is 1. The third-order valence-electron chi connectivity index (χ3n) is 5.82. The molecule has 0 bridgehead atoms. The standard InChI is InChI=1S/C28H35N3O2S/c1-5-6-17-30(28(33)29-27-21(2)11-10-12-22(27)3)20-26(32)31(18-24-13-8-7-9-14-24)19-25-16-15-23(4)34-25/h7-16H,5-6,17-20H2,1-4H3,(H,29,33). The van der Waals surface area contributed by atoms with Crippen LogP contribution >= 0.6 is 11.3 Å². The highest BCUT2D eigenvalue weighted by atomic mass is 32.1. The van der Waals surface area contributed by atoms with Gasteiger partial charge < -0.3 is 15.1 Å². The van der Waals surface area contributed by atoms with Crippen molar-refractivity contribution in [2.45, 2.75) is 53.6 Å². The highest BCUT2D eigenvalue weighted by Gasteiger charge is 2.23. The molecule has 180 valence electrons. The number of aryl methyl sites for hydroxylation is 3. The lowest BCUT2D eigenvalue weighted by atomic mass is 10.1. The third kappa shape index (κ3) is 7.19. The highest BCUT2D eigenvalue weighted by molar-refractivity contribution is 7.11. The van der Waals surface area contributed by atoms with E-state index in [-0.39, 0.29) is 18.5 Å². The van der Waals surface area contributed by atoms with Crippen LogP contribution in [0.5, 0.6) is 0 Å². The van der Waals surface area contributed by atoms with Gasteiger partial charge in [-0.15, -0.1) is 11.3 Å². The zero-order valence-corrected chi connectivity index (χ0v) is 21.5. The van der Waals surface area contributed by atoms with Crippen molar-refractivity contribution in [2.24, 2.45) is 0 Å². The van der Waals surface area contributed by atoms with Crippen LogP contribution in [0, 0.1) is 20.8 Å². The Morgan fingerprint density at radius 3 is 2.18 bits per heavy atom. The van der Waals surface area contributed by atoms with Crippen molar-refractivity contribution in [3.63, 3.8) is 0 Å². The number of hydrogen-bond acceptors (Lipinski definition) is 3. The number of hydrogen-bond donors (Lipinski definition) is 1. The maximum absolute atomic E-state index is 13.5. The highest BCUT2D eigenvalue weighted by Crippen LogP contribution is 2.21. The molecule has 6 heteroatoms. The van der Waals surface area contributed by atoms with Crippen molar-refractivity contribution >= 4 is 29.0 Å². The number of nitrogens with zero attached hydrogens (tertiary/aromatic N) is 2. The molecule has 0 saturated carbocycles. The summed E-state index contributed by atoms with van der Waals surface area (Å²) in [6, 6.07) is 19.9. The summed E-state index contributed by atoms with van der Waals surface area (Å²) in [5.41, 5.74) is 3.91. The van der Waals surface area contributed by atoms with Gasteiger partial charge in [0.1, 0.15) is 6.54 Å². The molecule has 5 nitrogen and oxygen atoms in total. The molecule has 0 radical (unpaired) electrons. The number of carbonyl (C=O) groups excluding carboxylic acids is 2. The molecule has 34 heavy (non-hydrogen) atoms. The summed E-state index contributed by atoms with van der Waals surface area (Å²) in [6.07, 6.45) is 1.79. The van der Waals surface area contributed by atoms with Crippen LogP contribution < -0.4 is 5.32 Å². The minimum Gasteiger partial charge on any atom is -0.332 e. The number of urea groups is 1. The van der Waals surface area contributed by atoms with Gasteiger partial charge in [0, 0.05) is 28.5 Å². The van der Waals surface area contributed by atoms with E-state index in [0.29, 0.717) is 19.6 Å². The van der Waals surface area contributed by atoms with Gasteiger partial charge in [-0.3, -0.25) is 4.79 Å². The first-order chi connectivity index (χ1) is 16.4. The Bertz CT molecular complexity index is 1070. The van der Waals surface area contributed by atoms with Crippen LogP contribution in [-0.4, -0.2) is 34.8 Å². The molecule has 0 aliphatic rings. The van der Waals surface area contributed by atoms with E-state index >= 15 is 0 Å². The number of amides is 3. The number of thiophene rings is 1. The first-order valence-corrected chi connectivity index (χ1v) is 12.7. The van der Waals surface area contributed by atoms with E-state index in [1.807, 2.05) is 67.3 Å². The molecule has 3 amide bonds. The molecule has 1 aromatic heterocycles. The summed E-state index contributed by atoms with van der Waals surface area (Å²) in [5.74, 6) is -0.0531. The summed E-state index contributed by atoms with van der Waals surface area (Å²) >= 11 is 1.70. The predicted molar refractivity (Wildman–Crippen MR) is 141 cm³/mol. The first-order valence-electron chi connectivity index (χ1n) is 11.9. The van der Waals surface area contributed by atoms with E-state index in [0.717, 1.165) is 40.1 Å². The number of benzene rings is 2. The second-order valence-corrected chi connectivity index (χ2v) is 10.1. The minimum atomic E-state index is -0.231. The fourth-order valence-electron chi connectivity index (χ4n) is 3.86. The van der Waals surface area contributed by atoms with Gasteiger partial charge in [-0.05, 0) is 56.0 Å². The van der Waals surface area contributed by atoms with Crippen molar-refractivity contribution in [3.8, 4) is 0 Å². The average Bonchev–Trinajstić information content (AvgIpc) is 3.23. The van der Waals surface area contributed by atoms with Gasteiger partial charge in [0.2, 0.25) is 5.91 Å². The van der Waals surface area contributed by atoms with Crippen LogP contribution in [-0.2, 0) is 17.9 Å². The Kier molecular flexibility index (Phi) is 9.28. The lowest BCUT2D eigenvalue weighted by molar-refractivity contribution is -0.133. The summed E-state index contributed by atoms with van der Waals surface area (Å²) in [7, 11) is 0. The van der Waals surface area contributed by atoms with E-state index in [1.165, 1.54) is 4.88 Å². The Morgan fingerprint density at radius 1 is 0.853 bits per heavy atom. The normalized spacial score (nSPS) is 10.7. The number of para-hydroxylation sites is 1. The number of rotatable bonds is 10. The predicted octanol–water partition coefficient (Wildman–Crippen LogP) is 6.54. The maximum Gasteiger partial charge on any atom is 0.322 e. The second kappa shape index (κ2) is 12.4. The monoisotopic (exact) mass is 477 g/mol. The molecule has 0 spiro atoms. The van der Waals surface area contributed by atoms with Gasteiger partial charge in [-0.1, -0.05) is 61.9 Å².